The van der Waals surface area contributed by atoms with Crippen LogP contribution in [-0.4, -0.2) is 5.78 Å². The number of ketones is 1. The van der Waals surface area contributed by atoms with Crippen molar-refractivity contribution in [3.05, 3.63) is 33.6 Å². The Morgan fingerprint density at radius 1 is 1.27 bits per heavy atom. The molecule has 1 nitrogen and oxygen atoms in total. The molecule has 0 spiro atoms. The molecular formula is C11H9Cl2FO. The van der Waals surface area contributed by atoms with E-state index in [4.69, 9.17) is 23.2 Å². The summed E-state index contributed by atoms with van der Waals surface area (Å²) in [6, 6.07) is 2.82. The molecule has 0 amide bonds. The Kier molecular flexibility index (Phi) is 2.98. The second kappa shape index (κ2) is 4.11. The second-order valence-corrected chi connectivity index (χ2v) is 4.52. The van der Waals surface area contributed by atoms with E-state index in [2.05, 4.69) is 0 Å². The fourth-order valence-corrected chi connectivity index (χ4v) is 2.02. The van der Waals surface area contributed by atoms with Crippen LogP contribution in [0.5, 0.6) is 0 Å². The first kappa shape index (κ1) is 10.9. The van der Waals surface area contributed by atoms with Crippen LogP contribution < -0.4 is 0 Å². The molecule has 0 atom stereocenters. The van der Waals surface area contributed by atoms with Gasteiger partial charge in [0.1, 0.15) is 0 Å². The van der Waals surface area contributed by atoms with Crippen molar-refractivity contribution < 1.29 is 9.18 Å². The fraction of sp³-hybridized carbons (Fsp3) is 0.364. The van der Waals surface area contributed by atoms with Gasteiger partial charge >= 0.3 is 0 Å². The van der Waals surface area contributed by atoms with Crippen molar-refractivity contribution in [2.45, 2.75) is 19.3 Å². The van der Waals surface area contributed by atoms with Crippen molar-refractivity contribution in [2.75, 3.05) is 0 Å². The lowest BCUT2D eigenvalue weighted by Crippen LogP contribution is -2.23. The van der Waals surface area contributed by atoms with E-state index in [0.29, 0.717) is 0 Å². The number of carbonyl (C=O) groups excluding carboxylic acids is 1. The van der Waals surface area contributed by atoms with Gasteiger partial charge in [0.25, 0.3) is 0 Å². The van der Waals surface area contributed by atoms with Crippen LogP contribution in [0.3, 0.4) is 0 Å². The summed E-state index contributed by atoms with van der Waals surface area (Å²) in [5.74, 6) is -0.984. The van der Waals surface area contributed by atoms with E-state index in [-0.39, 0.29) is 27.3 Å². The standard InChI is InChI=1S/C11H9Cl2FO/c12-7-4-5-8(13)10(14)9(7)11(15)6-2-1-3-6/h4-6H,1-3H2. The highest BCUT2D eigenvalue weighted by atomic mass is 35.5. The van der Waals surface area contributed by atoms with E-state index in [0.717, 1.165) is 19.3 Å². The summed E-state index contributed by atoms with van der Waals surface area (Å²) >= 11 is 11.4. The van der Waals surface area contributed by atoms with Gasteiger partial charge in [-0.3, -0.25) is 4.79 Å². The minimum absolute atomic E-state index is 0.0473. The highest BCUT2D eigenvalue weighted by molar-refractivity contribution is 6.36. The Hall–Kier alpha value is -0.600. The molecule has 1 aromatic carbocycles. The maximum atomic E-state index is 13.6. The normalized spacial score (nSPS) is 16.2. The third-order valence-electron chi connectivity index (χ3n) is 2.77. The Morgan fingerprint density at radius 2 is 1.87 bits per heavy atom. The van der Waals surface area contributed by atoms with Gasteiger partial charge in [-0.15, -0.1) is 0 Å². The maximum Gasteiger partial charge on any atom is 0.170 e. The first-order valence-corrected chi connectivity index (χ1v) is 5.54. The molecule has 1 aromatic rings. The zero-order chi connectivity index (χ0) is 11.0. The lowest BCUT2D eigenvalue weighted by Gasteiger charge is -2.24. The zero-order valence-electron chi connectivity index (χ0n) is 7.90. The van der Waals surface area contributed by atoms with Crippen molar-refractivity contribution in [3.63, 3.8) is 0 Å². The van der Waals surface area contributed by atoms with Crippen LogP contribution >= 0.6 is 23.2 Å². The Labute approximate surface area is 97.2 Å². The van der Waals surface area contributed by atoms with Gasteiger partial charge in [0, 0.05) is 5.92 Å². The molecule has 1 fully saturated rings. The molecule has 0 bridgehead atoms. The minimum atomic E-state index is -0.693. The SMILES string of the molecule is O=C(c1c(Cl)ccc(Cl)c1F)C1CCC1. The van der Waals surface area contributed by atoms with Gasteiger partial charge in [-0.25, -0.2) is 4.39 Å². The molecule has 0 unspecified atom stereocenters. The molecule has 2 rings (SSSR count). The number of rotatable bonds is 2. The van der Waals surface area contributed by atoms with Crippen LogP contribution in [0.2, 0.25) is 10.0 Å². The summed E-state index contributed by atoms with van der Waals surface area (Å²) < 4.78 is 13.6. The smallest absolute Gasteiger partial charge is 0.170 e. The minimum Gasteiger partial charge on any atom is -0.294 e. The molecule has 0 N–H and O–H groups in total. The van der Waals surface area contributed by atoms with Gasteiger partial charge in [0.15, 0.2) is 11.6 Å². The van der Waals surface area contributed by atoms with Gasteiger partial charge in [-0.2, -0.15) is 0 Å². The maximum absolute atomic E-state index is 13.6. The lowest BCUT2D eigenvalue weighted by molar-refractivity contribution is 0.0851. The van der Waals surface area contributed by atoms with Gasteiger partial charge in [0.2, 0.25) is 0 Å². The first-order chi connectivity index (χ1) is 7.11. The Balaban J connectivity index is 2.41. The third kappa shape index (κ3) is 1.88. The predicted octanol–water partition coefficient (Wildman–Crippen LogP) is 4.12. The average molecular weight is 247 g/mol. The predicted molar refractivity (Wildman–Crippen MR) is 58.1 cm³/mol. The monoisotopic (exact) mass is 246 g/mol. The largest absolute Gasteiger partial charge is 0.294 e. The molecule has 1 aliphatic carbocycles. The lowest BCUT2D eigenvalue weighted by atomic mass is 9.80. The summed E-state index contributed by atoms with van der Waals surface area (Å²) in [6.07, 6.45) is 2.67. The number of carbonyl (C=O) groups is 1. The van der Waals surface area contributed by atoms with E-state index in [9.17, 15) is 9.18 Å². The highest BCUT2D eigenvalue weighted by Gasteiger charge is 2.30. The average Bonchev–Trinajstić information content (AvgIpc) is 2.09. The van der Waals surface area contributed by atoms with Crippen LogP contribution in [0.4, 0.5) is 4.39 Å². The highest BCUT2D eigenvalue weighted by Crippen LogP contribution is 2.34. The van der Waals surface area contributed by atoms with Crippen molar-refractivity contribution >= 4 is 29.0 Å². The molecule has 0 aliphatic heterocycles. The molecule has 0 heterocycles. The van der Waals surface area contributed by atoms with E-state index in [1.165, 1.54) is 12.1 Å². The van der Waals surface area contributed by atoms with Gasteiger partial charge < -0.3 is 0 Å². The molecule has 1 aliphatic rings. The van der Waals surface area contributed by atoms with Crippen molar-refractivity contribution in [2.24, 2.45) is 5.92 Å². The van der Waals surface area contributed by atoms with Gasteiger partial charge in [0.05, 0.1) is 15.6 Å². The van der Waals surface area contributed by atoms with Crippen LogP contribution in [0, 0.1) is 11.7 Å². The number of benzene rings is 1. The number of Topliss-reactive ketones (excluding diaryl/α,β-unsaturated/α-hetero) is 1. The Bertz CT molecular complexity index is 413. The summed E-state index contributed by atoms with van der Waals surface area (Å²) in [5.41, 5.74) is -0.0473. The van der Waals surface area contributed by atoms with E-state index in [1.54, 1.807) is 0 Å². The van der Waals surface area contributed by atoms with Crippen molar-refractivity contribution in [1.82, 2.24) is 0 Å². The van der Waals surface area contributed by atoms with E-state index in [1.807, 2.05) is 0 Å². The Morgan fingerprint density at radius 3 is 2.40 bits per heavy atom. The molecule has 0 radical (unpaired) electrons. The molecule has 1 saturated carbocycles. The zero-order valence-corrected chi connectivity index (χ0v) is 9.41. The second-order valence-electron chi connectivity index (χ2n) is 3.71. The van der Waals surface area contributed by atoms with Crippen molar-refractivity contribution in [3.8, 4) is 0 Å². The van der Waals surface area contributed by atoms with Crippen molar-refractivity contribution in [1.29, 1.82) is 0 Å². The summed E-state index contributed by atoms with van der Waals surface area (Å²) in [4.78, 5) is 11.8. The van der Waals surface area contributed by atoms with Crippen LogP contribution in [-0.2, 0) is 0 Å². The number of halogens is 3. The van der Waals surface area contributed by atoms with Crippen LogP contribution in [0.1, 0.15) is 29.6 Å². The van der Waals surface area contributed by atoms with Gasteiger partial charge in [-0.1, -0.05) is 29.6 Å². The van der Waals surface area contributed by atoms with Gasteiger partial charge in [-0.05, 0) is 25.0 Å². The quantitative estimate of drug-likeness (QED) is 0.567. The molecule has 4 heteroatoms. The van der Waals surface area contributed by atoms with Crippen LogP contribution in [0.25, 0.3) is 0 Å². The summed E-state index contributed by atoms with van der Waals surface area (Å²) in [6.45, 7) is 0. The topological polar surface area (TPSA) is 17.1 Å². The molecule has 0 saturated heterocycles. The molecule has 0 aromatic heterocycles. The number of hydrogen-bond donors (Lipinski definition) is 0. The molecular weight excluding hydrogens is 238 g/mol. The molecule has 80 valence electrons. The third-order valence-corrected chi connectivity index (χ3v) is 3.37. The number of hydrogen-bond acceptors (Lipinski definition) is 1. The fourth-order valence-electron chi connectivity index (χ4n) is 1.63. The summed E-state index contributed by atoms with van der Waals surface area (Å²) in [7, 11) is 0. The van der Waals surface area contributed by atoms with E-state index < -0.39 is 5.82 Å². The van der Waals surface area contributed by atoms with Crippen LogP contribution in [0.15, 0.2) is 12.1 Å². The first-order valence-electron chi connectivity index (χ1n) is 4.79. The van der Waals surface area contributed by atoms with E-state index >= 15 is 0 Å². The summed E-state index contributed by atoms with van der Waals surface area (Å²) in [5, 5.41) is 0.0934. The molecule has 15 heavy (non-hydrogen) atoms.